The van der Waals surface area contributed by atoms with Crippen molar-refractivity contribution in [1.29, 1.82) is 0 Å². The predicted molar refractivity (Wildman–Crippen MR) is 57.0 cm³/mol. The minimum absolute atomic E-state index is 0.00257. The molecule has 1 aromatic carbocycles. The fraction of sp³-hybridized carbons (Fsp3) is 0.222. The van der Waals surface area contributed by atoms with Crippen LogP contribution in [-0.2, 0) is 10.1 Å². The molecule has 0 aromatic heterocycles. The highest BCUT2D eigenvalue weighted by molar-refractivity contribution is 9.08. The van der Waals surface area contributed by atoms with Gasteiger partial charge in [0.15, 0.2) is 0 Å². The Balaban J connectivity index is 3.07. The third-order valence-electron chi connectivity index (χ3n) is 1.65. The molecule has 1 rings (SSSR count). The van der Waals surface area contributed by atoms with Crippen LogP contribution in [-0.4, -0.2) is 10.9 Å². The van der Waals surface area contributed by atoms with Crippen LogP contribution in [0.2, 0.25) is 0 Å². The van der Waals surface area contributed by atoms with E-state index in [1.165, 1.54) is 25.1 Å². The lowest BCUT2D eigenvalue weighted by atomic mass is 10.2. The zero-order valence-electron chi connectivity index (χ0n) is 7.90. The topological polar surface area (TPSA) is 69.4 Å². The van der Waals surface area contributed by atoms with Gasteiger partial charge < -0.3 is 4.74 Å². The SMILES string of the molecule is CC(=O)Oc1ccc([N+](=O)[O-])c(CBr)c1. The number of rotatable bonds is 3. The number of halogens is 1. The summed E-state index contributed by atoms with van der Waals surface area (Å²) in [5, 5.41) is 10.9. The van der Waals surface area contributed by atoms with Crippen molar-refractivity contribution in [3.05, 3.63) is 33.9 Å². The second kappa shape index (κ2) is 4.88. The van der Waals surface area contributed by atoms with Crippen LogP contribution in [0, 0.1) is 10.1 Å². The van der Waals surface area contributed by atoms with Gasteiger partial charge in [0.05, 0.1) is 4.92 Å². The van der Waals surface area contributed by atoms with Gasteiger partial charge in [0.2, 0.25) is 0 Å². The fourth-order valence-electron chi connectivity index (χ4n) is 1.08. The summed E-state index contributed by atoms with van der Waals surface area (Å²) < 4.78 is 4.81. The molecule has 15 heavy (non-hydrogen) atoms. The lowest BCUT2D eigenvalue weighted by Crippen LogP contribution is -2.02. The maximum Gasteiger partial charge on any atom is 0.308 e. The molecule has 0 saturated heterocycles. The van der Waals surface area contributed by atoms with Crippen molar-refractivity contribution < 1.29 is 14.5 Å². The number of ether oxygens (including phenoxy) is 1. The Hall–Kier alpha value is -1.43. The predicted octanol–water partition coefficient (Wildman–Crippen LogP) is 2.42. The molecule has 0 amide bonds. The Morgan fingerprint density at radius 2 is 2.27 bits per heavy atom. The average Bonchev–Trinajstić information content (AvgIpc) is 2.16. The van der Waals surface area contributed by atoms with Crippen LogP contribution in [0.5, 0.6) is 5.75 Å². The molecule has 80 valence electrons. The van der Waals surface area contributed by atoms with E-state index in [-0.39, 0.29) is 5.69 Å². The summed E-state index contributed by atoms with van der Waals surface area (Å²) in [6.07, 6.45) is 0. The summed E-state index contributed by atoms with van der Waals surface area (Å²) in [5.74, 6) is -0.146. The van der Waals surface area contributed by atoms with Crippen molar-refractivity contribution in [3.8, 4) is 5.75 Å². The summed E-state index contributed by atoms with van der Waals surface area (Å²) in [7, 11) is 0. The first-order valence-corrected chi connectivity index (χ1v) is 5.18. The summed E-state index contributed by atoms with van der Waals surface area (Å²) >= 11 is 3.13. The lowest BCUT2D eigenvalue weighted by molar-refractivity contribution is -0.385. The Bertz CT molecular complexity index is 405. The third-order valence-corrected chi connectivity index (χ3v) is 2.26. The summed E-state index contributed by atoms with van der Waals surface area (Å²) in [5.41, 5.74) is 0.474. The van der Waals surface area contributed by atoms with Crippen LogP contribution in [0.25, 0.3) is 0 Å². The van der Waals surface area contributed by atoms with E-state index in [1.807, 2.05) is 0 Å². The Morgan fingerprint density at radius 1 is 1.60 bits per heavy atom. The summed E-state index contributed by atoms with van der Waals surface area (Å²) in [6.45, 7) is 1.27. The highest BCUT2D eigenvalue weighted by atomic mass is 79.9. The summed E-state index contributed by atoms with van der Waals surface area (Å²) in [4.78, 5) is 20.8. The van der Waals surface area contributed by atoms with Crippen LogP contribution < -0.4 is 4.74 Å². The molecule has 6 heteroatoms. The maximum absolute atomic E-state index is 10.7. The Labute approximate surface area is 94.3 Å². The Morgan fingerprint density at radius 3 is 2.73 bits per heavy atom. The van der Waals surface area contributed by atoms with Gasteiger partial charge in [-0.05, 0) is 12.1 Å². The van der Waals surface area contributed by atoms with E-state index < -0.39 is 10.9 Å². The van der Waals surface area contributed by atoms with E-state index in [1.54, 1.807) is 0 Å². The van der Waals surface area contributed by atoms with Crippen LogP contribution in [0.3, 0.4) is 0 Å². The van der Waals surface area contributed by atoms with Gasteiger partial charge in [0.25, 0.3) is 5.69 Å². The standard InChI is InChI=1S/C9H8BrNO4/c1-6(12)15-8-2-3-9(11(13)14)7(4-8)5-10/h2-4H,5H2,1H3. The monoisotopic (exact) mass is 273 g/mol. The maximum atomic E-state index is 10.7. The second-order valence-corrected chi connectivity index (χ2v) is 3.34. The van der Waals surface area contributed by atoms with E-state index in [0.717, 1.165) is 0 Å². The van der Waals surface area contributed by atoms with Gasteiger partial charge in [-0.25, -0.2) is 0 Å². The number of hydrogen-bond acceptors (Lipinski definition) is 4. The minimum atomic E-state index is -0.478. The molecule has 0 unspecified atom stereocenters. The first-order valence-electron chi connectivity index (χ1n) is 4.06. The number of nitrogens with zero attached hydrogens (tertiary/aromatic N) is 1. The fourth-order valence-corrected chi connectivity index (χ4v) is 1.53. The number of esters is 1. The number of nitro groups is 1. The number of hydrogen-bond donors (Lipinski definition) is 0. The number of benzene rings is 1. The molecule has 5 nitrogen and oxygen atoms in total. The zero-order chi connectivity index (χ0) is 11.4. The van der Waals surface area contributed by atoms with E-state index in [2.05, 4.69) is 15.9 Å². The third kappa shape index (κ3) is 3.02. The van der Waals surface area contributed by atoms with Crippen LogP contribution in [0.4, 0.5) is 5.69 Å². The molecule has 1 aromatic rings. The van der Waals surface area contributed by atoms with Gasteiger partial charge in [-0.15, -0.1) is 0 Å². The second-order valence-electron chi connectivity index (χ2n) is 2.77. The molecule has 0 fully saturated rings. The van der Waals surface area contributed by atoms with Crippen molar-refractivity contribution in [1.82, 2.24) is 0 Å². The van der Waals surface area contributed by atoms with Crippen molar-refractivity contribution in [2.24, 2.45) is 0 Å². The van der Waals surface area contributed by atoms with Gasteiger partial charge in [0.1, 0.15) is 5.75 Å². The van der Waals surface area contributed by atoms with Gasteiger partial charge in [-0.3, -0.25) is 14.9 Å². The average molecular weight is 274 g/mol. The van der Waals surface area contributed by atoms with E-state index in [9.17, 15) is 14.9 Å². The number of alkyl halides is 1. The molecule has 0 heterocycles. The normalized spacial score (nSPS) is 9.73. The van der Waals surface area contributed by atoms with Crippen molar-refractivity contribution in [3.63, 3.8) is 0 Å². The summed E-state index contributed by atoms with van der Waals surface area (Å²) in [6, 6.07) is 4.18. The molecule has 0 atom stereocenters. The van der Waals surface area contributed by atoms with Gasteiger partial charge in [-0.1, -0.05) is 15.9 Å². The van der Waals surface area contributed by atoms with Crippen molar-refractivity contribution in [2.75, 3.05) is 0 Å². The number of carbonyl (C=O) groups excluding carboxylic acids is 1. The van der Waals surface area contributed by atoms with E-state index >= 15 is 0 Å². The molecule has 0 aliphatic rings. The molecule has 0 bridgehead atoms. The molecule has 0 N–H and O–H groups in total. The molecule has 0 aliphatic heterocycles. The molecule has 0 aliphatic carbocycles. The lowest BCUT2D eigenvalue weighted by Gasteiger charge is -2.03. The minimum Gasteiger partial charge on any atom is -0.427 e. The number of nitro benzene ring substituents is 1. The van der Waals surface area contributed by atoms with Crippen molar-refractivity contribution in [2.45, 2.75) is 12.3 Å². The van der Waals surface area contributed by atoms with Gasteiger partial charge >= 0.3 is 5.97 Å². The van der Waals surface area contributed by atoms with Crippen LogP contribution in [0.15, 0.2) is 18.2 Å². The van der Waals surface area contributed by atoms with E-state index in [4.69, 9.17) is 4.74 Å². The van der Waals surface area contributed by atoms with Crippen LogP contribution in [0.1, 0.15) is 12.5 Å². The quantitative estimate of drug-likeness (QED) is 0.279. The van der Waals surface area contributed by atoms with Gasteiger partial charge in [-0.2, -0.15) is 0 Å². The van der Waals surface area contributed by atoms with E-state index in [0.29, 0.717) is 16.6 Å². The number of carbonyl (C=O) groups is 1. The molecule has 0 saturated carbocycles. The van der Waals surface area contributed by atoms with Crippen molar-refractivity contribution >= 4 is 27.6 Å². The van der Waals surface area contributed by atoms with Crippen LogP contribution >= 0.6 is 15.9 Å². The molecular weight excluding hydrogens is 266 g/mol. The Kier molecular flexibility index (Phi) is 3.79. The largest absolute Gasteiger partial charge is 0.427 e. The first kappa shape index (κ1) is 11.6. The highest BCUT2D eigenvalue weighted by Gasteiger charge is 2.13. The van der Waals surface area contributed by atoms with Gasteiger partial charge in [0, 0.05) is 23.9 Å². The molecule has 0 spiro atoms. The molecule has 0 radical (unpaired) electrons. The highest BCUT2D eigenvalue weighted by Crippen LogP contribution is 2.25. The smallest absolute Gasteiger partial charge is 0.308 e. The zero-order valence-corrected chi connectivity index (χ0v) is 9.48. The first-order chi connectivity index (χ1) is 7.04. The molecular formula is C9H8BrNO4.